The first-order valence-corrected chi connectivity index (χ1v) is 14.5. The summed E-state index contributed by atoms with van der Waals surface area (Å²) in [5.74, 6) is -0.0700. The van der Waals surface area contributed by atoms with E-state index < -0.39 is 10.0 Å². The number of nitrogens with zero attached hydrogens (tertiary/aromatic N) is 2. The van der Waals surface area contributed by atoms with Crippen molar-refractivity contribution in [2.24, 2.45) is 0 Å². The standard InChI is InChI=1S/C30H37N3O3S/c1-5-6-9-25-12-15-27(16-13-25)37(35,36)31-26-14-11-23(3)28(21-26)30(34)33-19-17-32(18-20-33)29-10-7-8-22(2)24(29)4/h7-8,10-16,21,31H,5-6,9,17-20H2,1-4H3. The molecule has 0 bridgehead atoms. The zero-order valence-electron chi connectivity index (χ0n) is 22.3. The van der Waals surface area contributed by atoms with Gasteiger partial charge in [0.2, 0.25) is 0 Å². The smallest absolute Gasteiger partial charge is 0.261 e. The maximum atomic E-state index is 13.4. The van der Waals surface area contributed by atoms with Gasteiger partial charge in [-0.3, -0.25) is 9.52 Å². The van der Waals surface area contributed by atoms with E-state index in [9.17, 15) is 13.2 Å². The second-order valence-corrected chi connectivity index (χ2v) is 11.6. The lowest BCUT2D eigenvalue weighted by molar-refractivity contribution is 0.0746. The van der Waals surface area contributed by atoms with Crippen molar-refractivity contribution in [1.82, 2.24) is 4.90 Å². The van der Waals surface area contributed by atoms with E-state index in [1.807, 2.05) is 24.0 Å². The van der Waals surface area contributed by atoms with Gasteiger partial charge in [-0.25, -0.2) is 8.42 Å². The number of anilines is 2. The fourth-order valence-electron chi connectivity index (χ4n) is 4.75. The predicted octanol–water partition coefficient (Wildman–Crippen LogP) is 5.72. The summed E-state index contributed by atoms with van der Waals surface area (Å²) in [6.07, 6.45) is 3.11. The minimum Gasteiger partial charge on any atom is -0.368 e. The summed E-state index contributed by atoms with van der Waals surface area (Å²) in [5, 5.41) is 0. The Morgan fingerprint density at radius 3 is 2.27 bits per heavy atom. The fourth-order valence-corrected chi connectivity index (χ4v) is 5.79. The topological polar surface area (TPSA) is 69.7 Å². The summed E-state index contributed by atoms with van der Waals surface area (Å²) in [6, 6.07) is 18.5. The zero-order valence-corrected chi connectivity index (χ0v) is 23.1. The molecule has 1 N–H and O–H groups in total. The van der Waals surface area contributed by atoms with E-state index >= 15 is 0 Å². The van der Waals surface area contributed by atoms with E-state index in [-0.39, 0.29) is 10.8 Å². The number of aryl methyl sites for hydroxylation is 3. The summed E-state index contributed by atoms with van der Waals surface area (Å²) in [5.41, 5.74) is 6.62. The number of nitrogens with one attached hydrogen (secondary N) is 1. The first-order valence-electron chi connectivity index (χ1n) is 13.0. The fraction of sp³-hybridized carbons (Fsp3) is 0.367. The number of hydrogen-bond acceptors (Lipinski definition) is 4. The molecule has 1 saturated heterocycles. The molecule has 1 aliphatic heterocycles. The van der Waals surface area contributed by atoms with Gasteiger partial charge in [-0.15, -0.1) is 0 Å². The van der Waals surface area contributed by atoms with Gasteiger partial charge < -0.3 is 9.80 Å². The Morgan fingerprint density at radius 1 is 0.892 bits per heavy atom. The maximum Gasteiger partial charge on any atom is 0.261 e. The van der Waals surface area contributed by atoms with Gasteiger partial charge in [0, 0.05) is 43.1 Å². The van der Waals surface area contributed by atoms with E-state index in [1.165, 1.54) is 16.8 Å². The third-order valence-corrected chi connectivity index (χ3v) is 8.65. The number of piperazine rings is 1. The number of amides is 1. The van der Waals surface area contributed by atoms with Gasteiger partial charge in [0.1, 0.15) is 0 Å². The minimum absolute atomic E-state index is 0.0700. The lowest BCUT2D eigenvalue weighted by atomic mass is 10.1. The number of hydrogen-bond donors (Lipinski definition) is 1. The van der Waals surface area contributed by atoms with E-state index in [0.717, 1.165) is 43.5 Å². The van der Waals surface area contributed by atoms with Crippen LogP contribution < -0.4 is 9.62 Å². The molecule has 3 aromatic carbocycles. The number of carbonyl (C=O) groups is 1. The first kappa shape index (κ1) is 26.7. The number of unbranched alkanes of at least 4 members (excludes halogenated alkanes) is 1. The SMILES string of the molecule is CCCCc1ccc(S(=O)(=O)Nc2ccc(C)c(C(=O)N3CCN(c4cccc(C)c4C)CC3)c2)cc1. The Labute approximate surface area is 221 Å². The molecule has 37 heavy (non-hydrogen) atoms. The van der Waals surface area contributed by atoms with E-state index in [0.29, 0.717) is 24.3 Å². The Hall–Kier alpha value is -3.32. The molecule has 0 radical (unpaired) electrons. The van der Waals surface area contributed by atoms with Crippen molar-refractivity contribution in [2.75, 3.05) is 35.8 Å². The number of sulfonamides is 1. The molecule has 3 aromatic rings. The van der Waals surface area contributed by atoms with Gasteiger partial charge in [-0.2, -0.15) is 0 Å². The van der Waals surface area contributed by atoms with Crippen LogP contribution in [0.5, 0.6) is 0 Å². The average Bonchev–Trinajstić information content (AvgIpc) is 2.90. The number of benzene rings is 3. The molecule has 7 heteroatoms. The number of rotatable bonds is 8. The molecule has 1 amide bonds. The van der Waals surface area contributed by atoms with Crippen molar-refractivity contribution in [2.45, 2.75) is 51.9 Å². The molecular formula is C30H37N3O3S. The van der Waals surface area contributed by atoms with Crippen LogP contribution in [0.2, 0.25) is 0 Å². The number of carbonyl (C=O) groups excluding carboxylic acids is 1. The molecule has 0 unspecified atom stereocenters. The van der Waals surface area contributed by atoms with Crippen molar-refractivity contribution < 1.29 is 13.2 Å². The van der Waals surface area contributed by atoms with Crippen molar-refractivity contribution in [3.8, 4) is 0 Å². The van der Waals surface area contributed by atoms with Gasteiger partial charge >= 0.3 is 0 Å². The third kappa shape index (κ3) is 6.16. The molecule has 0 saturated carbocycles. The van der Waals surface area contributed by atoms with Gasteiger partial charge in [0.05, 0.1) is 4.90 Å². The monoisotopic (exact) mass is 519 g/mol. The normalized spacial score (nSPS) is 14.1. The Kier molecular flexibility index (Phi) is 8.22. The van der Waals surface area contributed by atoms with Gasteiger partial charge in [0.15, 0.2) is 0 Å². The molecule has 196 valence electrons. The second-order valence-electron chi connectivity index (χ2n) is 9.88. The zero-order chi connectivity index (χ0) is 26.6. The van der Waals surface area contributed by atoms with Crippen molar-refractivity contribution in [3.63, 3.8) is 0 Å². The van der Waals surface area contributed by atoms with E-state index in [4.69, 9.17) is 0 Å². The molecule has 0 spiro atoms. The summed E-state index contributed by atoms with van der Waals surface area (Å²) in [7, 11) is -3.76. The van der Waals surface area contributed by atoms with Gasteiger partial charge in [-0.05, 0) is 86.2 Å². The van der Waals surface area contributed by atoms with Crippen molar-refractivity contribution >= 4 is 27.3 Å². The molecule has 0 aromatic heterocycles. The van der Waals surface area contributed by atoms with Crippen LogP contribution in [0, 0.1) is 20.8 Å². The molecule has 1 fully saturated rings. The Morgan fingerprint density at radius 2 is 1.59 bits per heavy atom. The summed E-state index contributed by atoms with van der Waals surface area (Å²) in [6.45, 7) is 11.0. The van der Waals surface area contributed by atoms with E-state index in [1.54, 1.807) is 30.3 Å². The highest BCUT2D eigenvalue weighted by Crippen LogP contribution is 2.26. The highest BCUT2D eigenvalue weighted by atomic mass is 32.2. The Balaban J connectivity index is 1.45. The molecule has 1 aliphatic rings. The maximum absolute atomic E-state index is 13.4. The van der Waals surface area contributed by atoms with Crippen molar-refractivity contribution in [3.05, 3.63) is 88.5 Å². The summed E-state index contributed by atoms with van der Waals surface area (Å²) >= 11 is 0. The van der Waals surface area contributed by atoms with Crippen LogP contribution in [0.1, 0.15) is 52.4 Å². The average molecular weight is 520 g/mol. The second kappa shape index (κ2) is 11.4. The van der Waals surface area contributed by atoms with Crippen LogP contribution in [0.4, 0.5) is 11.4 Å². The van der Waals surface area contributed by atoms with Crippen LogP contribution >= 0.6 is 0 Å². The van der Waals surface area contributed by atoms with Gasteiger partial charge in [0.25, 0.3) is 15.9 Å². The molecule has 0 atom stereocenters. The summed E-state index contributed by atoms with van der Waals surface area (Å²) in [4.78, 5) is 17.8. The third-order valence-electron chi connectivity index (χ3n) is 7.26. The quantitative estimate of drug-likeness (QED) is 0.413. The molecule has 4 rings (SSSR count). The van der Waals surface area contributed by atoms with Crippen LogP contribution in [-0.2, 0) is 16.4 Å². The van der Waals surface area contributed by atoms with Crippen LogP contribution in [0.3, 0.4) is 0 Å². The highest BCUT2D eigenvalue weighted by Gasteiger charge is 2.25. The van der Waals surface area contributed by atoms with Crippen LogP contribution in [-0.4, -0.2) is 45.4 Å². The molecular weight excluding hydrogens is 482 g/mol. The molecule has 0 aliphatic carbocycles. The van der Waals surface area contributed by atoms with E-state index in [2.05, 4.69) is 48.6 Å². The van der Waals surface area contributed by atoms with Crippen LogP contribution in [0.25, 0.3) is 0 Å². The molecule has 6 nitrogen and oxygen atoms in total. The molecule has 1 heterocycles. The largest absolute Gasteiger partial charge is 0.368 e. The highest BCUT2D eigenvalue weighted by molar-refractivity contribution is 7.92. The Bertz CT molecular complexity index is 1360. The first-order chi connectivity index (χ1) is 17.7. The van der Waals surface area contributed by atoms with Crippen LogP contribution in [0.15, 0.2) is 65.6 Å². The lowest BCUT2D eigenvalue weighted by Crippen LogP contribution is -2.49. The van der Waals surface area contributed by atoms with Gasteiger partial charge in [-0.1, -0.05) is 43.7 Å². The lowest BCUT2D eigenvalue weighted by Gasteiger charge is -2.37. The minimum atomic E-state index is -3.76. The van der Waals surface area contributed by atoms with Crippen molar-refractivity contribution in [1.29, 1.82) is 0 Å². The summed E-state index contributed by atoms with van der Waals surface area (Å²) < 4.78 is 28.7. The predicted molar refractivity (Wildman–Crippen MR) is 151 cm³/mol.